The van der Waals surface area contributed by atoms with Gasteiger partial charge in [0.2, 0.25) is 0 Å². The monoisotopic (exact) mass is 291 g/mol. The van der Waals surface area contributed by atoms with Crippen molar-refractivity contribution in [1.29, 1.82) is 0 Å². The fraction of sp³-hybridized carbons (Fsp3) is 0.667. The Bertz CT molecular complexity index is 457. The lowest BCUT2D eigenvalue weighted by Gasteiger charge is -2.32. The van der Waals surface area contributed by atoms with Crippen LogP contribution in [0.25, 0.3) is 0 Å². The number of rotatable bonds is 6. The Morgan fingerprint density at radius 1 is 1.24 bits per heavy atom. The lowest BCUT2D eigenvalue weighted by molar-refractivity contribution is 0.0658. The van der Waals surface area contributed by atoms with Crippen LogP contribution in [-0.2, 0) is 0 Å². The summed E-state index contributed by atoms with van der Waals surface area (Å²) in [6, 6.07) is 1.76. The van der Waals surface area contributed by atoms with Gasteiger partial charge in [0.15, 0.2) is 0 Å². The Morgan fingerprint density at radius 3 is 2.71 bits per heavy atom. The smallest absolute Gasteiger partial charge is 0.272 e. The number of hydrogen-bond acceptors (Lipinski definition) is 5. The molecular weight excluding hydrogens is 266 g/mol. The van der Waals surface area contributed by atoms with Gasteiger partial charge >= 0.3 is 0 Å². The van der Waals surface area contributed by atoms with Gasteiger partial charge < -0.3 is 15.1 Å². The predicted molar refractivity (Wildman–Crippen MR) is 83.4 cm³/mol. The van der Waals surface area contributed by atoms with E-state index >= 15 is 0 Å². The van der Waals surface area contributed by atoms with Crippen molar-refractivity contribution >= 4 is 11.7 Å². The van der Waals surface area contributed by atoms with Crippen LogP contribution in [0.15, 0.2) is 12.4 Å². The number of unbranched alkanes of at least 4 members (excludes halogenated alkanes) is 2. The lowest BCUT2D eigenvalue weighted by atomic mass is 10.2. The van der Waals surface area contributed by atoms with E-state index in [0.717, 1.165) is 45.0 Å². The molecule has 1 fully saturated rings. The number of aromatic nitrogens is 2. The van der Waals surface area contributed by atoms with E-state index < -0.39 is 0 Å². The van der Waals surface area contributed by atoms with Gasteiger partial charge in [0.1, 0.15) is 17.8 Å². The van der Waals surface area contributed by atoms with Crippen molar-refractivity contribution < 1.29 is 4.79 Å². The zero-order valence-electron chi connectivity index (χ0n) is 13.0. The molecule has 1 N–H and O–H groups in total. The largest absolute Gasteiger partial charge is 0.370 e. The fourth-order valence-electron chi connectivity index (χ4n) is 2.33. The molecule has 21 heavy (non-hydrogen) atoms. The zero-order chi connectivity index (χ0) is 15.1. The van der Waals surface area contributed by atoms with Crippen LogP contribution in [0.1, 0.15) is 36.7 Å². The highest BCUT2D eigenvalue weighted by Crippen LogP contribution is 2.09. The van der Waals surface area contributed by atoms with Crippen LogP contribution in [0, 0.1) is 0 Å². The van der Waals surface area contributed by atoms with Crippen LogP contribution in [0.4, 0.5) is 5.82 Å². The van der Waals surface area contributed by atoms with Gasteiger partial charge in [-0.2, -0.15) is 0 Å². The van der Waals surface area contributed by atoms with Crippen LogP contribution < -0.4 is 5.32 Å². The minimum absolute atomic E-state index is 0.00195. The third-order valence-corrected chi connectivity index (χ3v) is 3.76. The molecule has 2 rings (SSSR count). The molecule has 0 aliphatic carbocycles. The number of amides is 1. The van der Waals surface area contributed by atoms with Crippen molar-refractivity contribution in [2.24, 2.45) is 0 Å². The number of piperazine rings is 1. The van der Waals surface area contributed by atoms with Crippen LogP contribution in [0.3, 0.4) is 0 Å². The highest BCUT2D eigenvalue weighted by atomic mass is 16.2. The Labute approximate surface area is 126 Å². The van der Waals surface area contributed by atoms with E-state index in [0.29, 0.717) is 5.69 Å². The number of carbonyl (C=O) groups is 1. The molecule has 6 heteroatoms. The van der Waals surface area contributed by atoms with E-state index in [-0.39, 0.29) is 5.91 Å². The van der Waals surface area contributed by atoms with Crippen molar-refractivity contribution in [1.82, 2.24) is 19.8 Å². The van der Waals surface area contributed by atoms with Crippen LogP contribution >= 0.6 is 0 Å². The summed E-state index contributed by atoms with van der Waals surface area (Å²) in [6.07, 6.45) is 4.97. The number of carbonyl (C=O) groups excluding carboxylic acids is 1. The number of nitrogens with zero attached hydrogens (tertiary/aromatic N) is 4. The Kier molecular flexibility index (Phi) is 5.92. The quantitative estimate of drug-likeness (QED) is 0.804. The molecule has 116 valence electrons. The topological polar surface area (TPSA) is 61.4 Å². The lowest BCUT2D eigenvalue weighted by Crippen LogP contribution is -2.47. The Morgan fingerprint density at radius 2 is 2.00 bits per heavy atom. The highest BCUT2D eigenvalue weighted by molar-refractivity contribution is 5.93. The third-order valence-electron chi connectivity index (χ3n) is 3.76. The molecule has 1 aliphatic heterocycles. The summed E-state index contributed by atoms with van der Waals surface area (Å²) >= 11 is 0. The van der Waals surface area contributed by atoms with Gasteiger partial charge in [-0.3, -0.25) is 4.79 Å². The molecule has 1 aliphatic rings. The van der Waals surface area contributed by atoms with Crippen molar-refractivity contribution in [3.05, 3.63) is 18.1 Å². The highest BCUT2D eigenvalue weighted by Gasteiger charge is 2.21. The second-order valence-corrected chi connectivity index (χ2v) is 5.52. The summed E-state index contributed by atoms with van der Waals surface area (Å²) in [4.78, 5) is 24.8. The molecule has 1 aromatic rings. The van der Waals surface area contributed by atoms with Gasteiger partial charge in [0.05, 0.1) is 0 Å². The van der Waals surface area contributed by atoms with Crippen molar-refractivity contribution in [2.45, 2.75) is 26.2 Å². The molecule has 0 bridgehead atoms. The molecule has 0 unspecified atom stereocenters. The standard InChI is InChI=1S/C15H25N5O/c1-3-4-5-6-16-14-11-13(17-12-18-14)15(21)20-9-7-19(2)8-10-20/h11-12H,3-10H2,1-2H3,(H,16,17,18). The molecule has 0 aromatic carbocycles. The second kappa shape index (κ2) is 7.93. The Balaban J connectivity index is 1.91. The molecule has 6 nitrogen and oxygen atoms in total. The molecule has 0 saturated carbocycles. The molecule has 0 atom stereocenters. The van der Waals surface area contributed by atoms with Gasteiger partial charge in [-0.25, -0.2) is 9.97 Å². The van der Waals surface area contributed by atoms with Gasteiger partial charge in [-0.1, -0.05) is 19.8 Å². The molecule has 1 saturated heterocycles. The first-order valence-corrected chi connectivity index (χ1v) is 7.74. The van der Waals surface area contributed by atoms with Crippen LogP contribution in [0.2, 0.25) is 0 Å². The molecular formula is C15H25N5O. The maximum atomic E-state index is 12.4. The van der Waals surface area contributed by atoms with Gasteiger partial charge in [-0.05, 0) is 13.5 Å². The molecule has 2 heterocycles. The minimum atomic E-state index is 0.00195. The summed E-state index contributed by atoms with van der Waals surface area (Å²) in [5.74, 6) is 0.737. The number of anilines is 1. The van der Waals surface area contributed by atoms with Crippen molar-refractivity contribution in [3.8, 4) is 0 Å². The maximum Gasteiger partial charge on any atom is 0.272 e. The first kappa shape index (κ1) is 15.7. The third kappa shape index (κ3) is 4.67. The first-order valence-electron chi connectivity index (χ1n) is 7.74. The number of nitrogens with one attached hydrogen (secondary N) is 1. The predicted octanol–water partition coefficient (Wildman–Crippen LogP) is 1.47. The van der Waals surface area contributed by atoms with E-state index in [1.165, 1.54) is 19.2 Å². The normalized spacial score (nSPS) is 16.0. The zero-order valence-corrected chi connectivity index (χ0v) is 13.0. The van der Waals surface area contributed by atoms with E-state index in [1.807, 2.05) is 4.90 Å². The van der Waals surface area contributed by atoms with E-state index in [2.05, 4.69) is 34.2 Å². The average molecular weight is 291 g/mol. The summed E-state index contributed by atoms with van der Waals surface area (Å²) < 4.78 is 0. The second-order valence-electron chi connectivity index (χ2n) is 5.52. The number of likely N-dealkylation sites (N-methyl/N-ethyl adjacent to an activating group) is 1. The maximum absolute atomic E-state index is 12.4. The fourth-order valence-corrected chi connectivity index (χ4v) is 2.33. The molecule has 1 aromatic heterocycles. The first-order chi connectivity index (χ1) is 10.2. The molecule has 1 amide bonds. The SMILES string of the molecule is CCCCCNc1cc(C(=O)N2CCN(C)CC2)ncn1. The summed E-state index contributed by atoms with van der Waals surface area (Å²) in [7, 11) is 2.07. The summed E-state index contributed by atoms with van der Waals surface area (Å²) in [6.45, 7) is 6.42. The summed E-state index contributed by atoms with van der Waals surface area (Å²) in [5, 5.41) is 3.25. The van der Waals surface area contributed by atoms with Crippen LogP contribution in [-0.4, -0.2) is 65.4 Å². The minimum Gasteiger partial charge on any atom is -0.370 e. The van der Waals surface area contributed by atoms with E-state index in [9.17, 15) is 4.79 Å². The molecule has 0 radical (unpaired) electrons. The van der Waals surface area contributed by atoms with Gasteiger partial charge in [-0.15, -0.1) is 0 Å². The summed E-state index contributed by atoms with van der Waals surface area (Å²) in [5.41, 5.74) is 0.479. The van der Waals surface area contributed by atoms with E-state index in [1.54, 1.807) is 6.07 Å². The van der Waals surface area contributed by atoms with Crippen molar-refractivity contribution in [2.75, 3.05) is 45.1 Å². The average Bonchev–Trinajstić information content (AvgIpc) is 2.52. The van der Waals surface area contributed by atoms with Gasteiger partial charge in [0, 0.05) is 38.8 Å². The van der Waals surface area contributed by atoms with Gasteiger partial charge in [0.25, 0.3) is 5.91 Å². The Hall–Kier alpha value is -1.69. The molecule has 0 spiro atoms. The van der Waals surface area contributed by atoms with Crippen molar-refractivity contribution in [3.63, 3.8) is 0 Å². The van der Waals surface area contributed by atoms with Crippen LogP contribution in [0.5, 0.6) is 0 Å². The van der Waals surface area contributed by atoms with E-state index in [4.69, 9.17) is 0 Å². The number of hydrogen-bond donors (Lipinski definition) is 1.